The standard InChI is InChI=1S/C17H17NO3/c1-12-3-4-14(9-13(12)2)11-21-16-7-5-15(18-10-16)6-8-17(19)20/h3-10H,11H2,1-2H3,(H,19,20). The summed E-state index contributed by atoms with van der Waals surface area (Å²) in [5, 5.41) is 8.54. The molecule has 1 aromatic carbocycles. The number of aryl methyl sites for hydroxylation is 2. The Morgan fingerprint density at radius 1 is 1.24 bits per heavy atom. The molecule has 0 aliphatic heterocycles. The number of hydrogen-bond acceptors (Lipinski definition) is 3. The maximum absolute atomic E-state index is 10.4. The molecule has 0 bridgehead atoms. The van der Waals surface area contributed by atoms with E-state index < -0.39 is 5.97 Å². The van der Waals surface area contributed by atoms with Gasteiger partial charge in [0.25, 0.3) is 0 Å². The number of ether oxygens (including phenoxy) is 1. The summed E-state index contributed by atoms with van der Waals surface area (Å²) in [6.07, 6.45) is 4.08. The van der Waals surface area contributed by atoms with Crippen molar-refractivity contribution in [3.8, 4) is 5.75 Å². The Labute approximate surface area is 123 Å². The highest BCUT2D eigenvalue weighted by molar-refractivity contribution is 5.84. The van der Waals surface area contributed by atoms with Crippen LogP contribution in [0.4, 0.5) is 0 Å². The summed E-state index contributed by atoms with van der Waals surface area (Å²) in [6.45, 7) is 4.63. The number of aliphatic carboxylic acids is 1. The molecule has 1 aromatic heterocycles. The second-order valence-corrected chi connectivity index (χ2v) is 4.80. The van der Waals surface area contributed by atoms with Gasteiger partial charge in [-0.25, -0.2) is 4.79 Å². The number of benzene rings is 1. The molecule has 0 spiro atoms. The van der Waals surface area contributed by atoms with Crippen molar-refractivity contribution in [2.75, 3.05) is 0 Å². The Balaban J connectivity index is 1.97. The largest absolute Gasteiger partial charge is 0.487 e. The average molecular weight is 283 g/mol. The van der Waals surface area contributed by atoms with Gasteiger partial charge in [-0.05, 0) is 48.7 Å². The molecule has 21 heavy (non-hydrogen) atoms. The van der Waals surface area contributed by atoms with Gasteiger partial charge in [0.2, 0.25) is 0 Å². The van der Waals surface area contributed by atoms with Crippen LogP contribution >= 0.6 is 0 Å². The Hall–Kier alpha value is -2.62. The molecule has 4 nitrogen and oxygen atoms in total. The summed E-state index contributed by atoms with van der Waals surface area (Å²) >= 11 is 0. The molecule has 0 radical (unpaired) electrons. The molecule has 108 valence electrons. The molecule has 0 fully saturated rings. The van der Waals surface area contributed by atoms with Crippen LogP contribution in [-0.4, -0.2) is 16.1 Å². The van der Waals surface area contributed by atoms with E-state index in [-0.39, 0.29) is 0 Å². The van der Waals surface area contributed by atoms with Crippen molar-refractivity contribution in [2.45, 2.75) is 20.5 Å². The predicted molar refractivity (Wildman–Crippen MR) is 81.2 cm³/mol. The lowest BCUT2D eigenvalue weighted by Crippen LogP contribution is -1.97. The van der Waals surface area contributed by atoms with Gasteiger partial charge in [0.1, 0.15) is 12.4 Å². The van der Waals surface area contributed by atoms with Crippen LogP contribution in [-0.2, 0) is 11.4 Å². The van der Waals surface area contributed by atoms with E-state index in [2.05, 4.69) is 31.0 Å². The molecule has 0 saturated heterocycles. The number of rotatable bonds is 5. The van der Waals surface area contributed by atoms with Gasteiger partial charge in [-0.15, -0.1) is 0 Å². The van der Waals surface area contributed by atoms with Gasteiger partial charge in [0, 0.05) is 6.08 Å². The first-order valence-corrected chi connectivity index (χ1v) is 6.60. The van der Waals surface area contributed by atoms with Crippen LogP contribution in [0.2, 0.25) is 0 Å². The first-order valence-electron chi connectivity index (χ1n) is 6.60. The van der Waals surface area contributed by atoms with Gasteiger partial charge in [0.05, 0.1) is 11.9 Å². The van der Waals surface area contributed by atoms with Crippen molar-refractivity contribution in [2.24, 2.45) is 0 Å². The number of carbonyl (C=O) groups is 1. The van der Waals surface area contributed by atoms with E-state index in [9.17, 15) is 4.79 Å². The first kappa shape index (κ1) is 14.8. The van der Waals surface area contributed by atoms with E-state index in [0.717, 1.165) is 11.6 Å². The molecule has 1 N–H and O–H groups in total. The molecule has 4 heteroatoms. The monoisotopic (exact) mass is 283 g/mol. The Morgan fingerprint density at radius 2 is 2.05 bits per heavy atom. The third-order valence-electron chi connectivity index (χ3n) is 3.13. The van der Waals surface area contributed by atoms with Crippen LogP contribution < -0.4 is 4.74 Å². The van der Waals surface area contributed by atoms with Crippen LogP contribution in [0.3, 0.4) is 0 Å². The van der Waals surface area contributed by atoms with E-state index >= 15 is 0 Å². The average Bonchev–Trinajstić information content (AvgIpc) is 2.47. The molecule has 1 heterocycles. The van der Waals surface area contributed by atoms with Crippen molar-refractivity contribution in [3.05, 3.63) is 65.0 Å². The van der Waals surface area contributed by atoms with Crippen LogP contribution in [0.1, 0.15) is 22.4 Å². The van der Waals surface area contributed by atoms with Gasteiger partial charge in [-0.2, -0.15) is 0 Å². The van der Waals surface area contributed by atoms with Gasteiger partial charge < -0.3 is 9.84 Å². The number of hydrogen-bond donors (Lipinski definition) is 1. The third-order valence-corrected chi connectivity index (χ3v) is 3.13. The fourth-order valence-electron chi connectivity index (χ4n) is 1.79. The molecule has 0 atom stereocenters. The van der Waals surface area contributed by atoms with Gasteiger partial charge in [0.15, 0.2) is 0 Å². The SMILES string of the molecule is Cc1ccc(COc2ccc(C=CC(=O)O)nc2)cc1C. The summed E-state index contributed by atoms with van der Waals surface area (Å²) in [6, 6.07) is 9.71. The number of nitrogens with zero attached hydrogens (tertiary/aromatic N) is 1. The van der Waals surface area contributed by atoms with Crippen molar-refractivity contribution in [1.29, 1.82) is 0 Å². The second kappa shape index (κ2) is 6.70. The summed E-state index contributed by atoms with van der Waals surface area (Å²) < 4.78 is 5.66. The van der Waals surface area contributed by atoms with Gasteiger partial charge in [-0.3, -0.25) is 4.98 Å². The predicted octanol–water partition coefficient (Wildman–Crippen LogP) is 3.38. The highest BCUT2D eigenvalue weighted by atomic mass is 16.5. The highest BCUT2D eigenvalue weighted by Gasteiger charge is 1.99. The lowest BCUT2D eigenvalue weighted by Gasteiger charge is -2.08. The molecule has 0 amide bonds. The van der Waals surface area contributed by atoms with Crippen molar-refractivity contribution >= 4 is 12.0 Å². The fraction of sp³-hybridized carbons (Fsp3) is 0.176. The minimum atomic E-state index is -0.994. The molecular weight excluding hydrogens is 266 g/mol. The minimum absolute atomic E-state index is 0.479. The molecule has 0 aliphatic rings. The summed E-state index contributed by atoms with van der Waals surface area (Å²) in [5.74, 6) is -0.340. The Morgan fingerprint density at radius 3 is 2.67 bits per heavy atom. The van der Waals surface area contributed by atoms with E-state index in [4.69, 9.17) is 9.84 Å². The van der Waals surface area contributed by atoms with Gasteiger partial charge >= 0.3 is 5.97 Å². The first-order chi connectivity index (χ1) is 10.0. The number of carboxylic acid groups (broad SMARTS) is 1. The van der Waals surface area contributed by atoms with E-state index in [0.29, 0.717) is 18.1 Å². The highest BCUT2D eigenvalue weighted by Crippen LogP contribution is 2.15. The number of pyridine rings is 1. The van der Waals surface area contributed by atoms with Crippen LogP contribution in [0.15, 0.2) is 42.6 Å². The smallest absolute Gasteiger partial charge is 0.328 e. The number of aromatic nitrogens is 1. The zero-order valence-electron chi connectivity index (χ0n) is 12.0. The van der Waals surface area contributed by atoms with Crippen LogP contribution in [0.5, 0.6) is 5.75 Å². The zero-order chi connectivity index (χ0) is 15.2. The molecule has 2 aromatic rings. The topological polar surface area (TPSA) is 59.4 Å². The van der Waals surface area contributed by atoms with Crippen molar-refractivity contribution < 1.29 is 14.6 Å². The lowest BCUT2D eigenvalue weighted by molar-refractivity contribution is -0.131. The molecule has 2 rings (SSSR count). The van der Waals surface area contributed by atoms with E-state index in [1.165, 1.54) is 17.2 Å². The summed E-state index contributed by atoms with van der Waals surface area (Å²) in [4.78, 5) is 14.5. The van der Waals surface area contributed by atoms with Crippen LogP contribution in [0, 0.1) is 13.8 Å². The second-order valence-electron chi connectivity index (χ2n) is 4.80. The molecule has 0 saturated carbocycles. The van der Waals surface area contributed by atoms with E-state index in [1.807, 2.05) is 6.07 Å². The maximum Gasteiger partial charge on any atom is 0.328 e. The van der Waals surface area contributed by atoms with E-state index in [1.54, 1.807) is 18.3 Å². The van der Waals surface area contributed by atoms with Gasteiger partial charge in [-0.1, -0.05) is 18.2 Å². The molecular formula is C17H17NO3. The minimum Gasteiger partial charge on any atom is -0.487 e. The molecule has 0 aliphatic carbocycles. The summed E-state index contributed by atoms with van der Waals surface area (Å²) in [5.41, 5.74) is 4.18. The quantitative estimate of drug-likeness (QED) is 0.855. The van der Waals surface area contributed by atoms with Crippen LogP contribution in [0.25, 0.3) is 6.08 Å². The lowest BCUT2D eigenvalue weighted by atomic mass is 10.1. The molecule has 0 unspecified atom stereocenters. The normalized spacial score (nSPS) is 10.8. The Bertz CT molecular complexity index is 660. The fourth-order valence-corrected chi connectivity index (χ4v) is 1.79. The maximum atomic E-state index is 10.4. The third kappa shape index (κ3) is 4.45. The van der Waals surface area contributed by atoms with Crippen molar-refractivity contribution in [1.82, 2.24) is 4.98 Å². The number of carboxylic acids is 1. The van der Waals surface area contributed by atoms with Crippen molar-refractivity contribution in [3.63, 3.8) is 0 Å². The Kier molecular flexibility index (Phi) is 4.72. The summed E-state index contributed by atoms with van der Waals surface area (Å²) in [7, 11) is 0. The zero-order valence-corrected chi connectivity index (χ0v) is 12.0.